The van der Waals surface area contributed by atoms with Crippen molar-refractivity contribution in [1.29, 1.82) is 0 Å². The standard InChI is InChI=1S/C7H7BrN4S2/c8-4-1-5(13-3-4)2-10-7-11-6(9)12-14-7/h1,3H,2H2,(H3,9,10,11,12). The highest BCUT2D eigenvalue weighted by atomic mass is 79.9. The number of nitrogens with zero attached hydrogens (tertiary/aromatic N) is 2. The smallest absolute Gasteiger partial charge is 0.233 e. The lowest BCUT2D eigenvalue weighted by Crippen LogP contribution is -1.96. The second kappa shape index (κ2) is 4.24. The molecule has 3 N–H and O–H groups in total. The molecular weight excluding hydrogens is 284 g/mol. The zero-order valence-electron chi connectivity index (χ0n) is 7.03. The fourth-order valence-electron chi connectivity index (χ4n) is 0.916. The van der Waals surface area contributed by atoms with E-state index < -0.39 is 0 Å². The van der Waals surface area contributed by atoms with Crippen molar-refractivity contribution in [2.75, 3.05) is 11.1 Å². The topological polar surface area (TPSA) is 63.8 Å². The van der Waals surface area contributed by atoms with Crippen molar-refractivity contribution in [3.63, 3.8) is 0 Å². The van der Waals surface area contributed by atoms with Crippen molar-refractivity contribution in [2.45, 2.75) is 6.54 Å². The maximum atomic E-state index is 5.39. The first kappa shape index (κ1) is 9.88. The molecule has 0 saturated carbocycles. The summed E-state index contributed by atoms with van der Waals surface area (Å²) in [5, 5.41) is 5.95. The number of hydrogen-bond acceptors (Lipinski definition) is 6. The first-order valence-electron chi connectivity index (χ1n) is 3.80. The molecule has 0 aliphatic carbocycles. The zero-order valence-corrected chi connectivity index (χ0v) is 10.2. The van der Waals surface area contributed by atoms with E-state index in [2.05, 4.69) is 36.7 Å². The second-order valence-electron chi connectivity index (χ2n) is 2.54. The van der Waals surface area contributed by atoms with Crippen LogP contribution in [0.1, 0.15) is 4.88 Å². The first-order chi connectivity index (χ1) is 6.74. The second-order valence-corrected chi connectivity index (χ2v) is 5.21. The van der Waals surface area contributed by atoms with Crippen molar-refractivity contribution in [1.82, 2.24) is 9.36 Å². The Bertz CT molecular complexity index is 385. The number of thiophene rings is 1. The molecule has 0 fully saturated rings. The monoisotopic (exact) mass is 290 g/mol. The van der Waals surface area contributed by atoms with Gasteiger partial charge in [0.1, 0.15) is 0 Å². The third-order valence-corrected chi connectivity index (χ3v) is 3.86. The molecule has 4 nitrogen and oxygen atoms in total. The molecular formula is C7H7BrN4S2. The van der Waals surface area contributed by atoms with Crippen LogP contribution < -0.4 is 11.1 Å². The van der Waals surface area contributed by atoms with Gasteiger partial charge in [-0.05, 0) is 22.0 Å². The summed E-state index contributed by atoms with van der Waals surface area (Å²) in [6.45, 7) is 0.755. The molecule has 0 atom stereocenters. The number of anilines is 2. The van der Waals surface area contributed by atoms with Crippen LogP contribution >= 0.6 is 38.8 Å². The Morgan fingerprint density at radius 3 is 3.00 bits per heavy atom. The number of hydrogen-bond donors (Lipinski definition) is 2. The average molecular weight is 291 g/mol. The predicted molar refractivity (Wildman–Crippen MR) is 63.7 cm³/mol. The highest BCUT2D eigenvalue weighted by Crippen LogP contribution is 2.21. The zero-order chi connectivity index (χ0) is 9.97. The Morgan fingerprint density at radius 2 is 2.43 bits per heavy atom. The van der Waals surface area contributed by atoms with Crippen molar-refractivity contribution in [3.8, 4) is 0 Å². The van der Waals surface area contributed by atoms with E-state index in [0.29, 0.717) is 5.95 Å². The lowest BCUT2D eigenvalue weighted by molar-refractivity contribution is 1.17. The molecule has 74 valence electrons. The summed E-state index contributed by atoms with van der Waals surface area (Å²) >= 11 is 6.36. The SMILES string of the molecule is Nc1nsc(NCc2cc(Br)cs2)n1. The Kier molecular flexibility index (Phi) is 2.99. The van der Waals surface area contributed by atoms with E-state index in [1.165, 1.54) is 16.4 Å². The van der Waals surface area contributed by atoms with Crippen LogP contribution in [0, 0.1) is 0 Å². The number of rotatable bonds is 3. The van der Waals surface area contributed by atoms with Gasteiger partial charge < -0.3 is 11.1 Å². The molecule has 2 aromatic rings. The molecule has 0 amide bonds. The fraction of sp³-hybridized carbons (Fsp3) is 0.143. The lowest BCUT2D eigenvalue weighted by atomic mass is 10.5. The van der Waals surface area contributed by atoms with Crippen LogP contribution in [-0.2, 0) is 6.54 Å². The van der Waals surface area contributed by atoms with Crippen LogP contribution in [0.4, 0.5) is 11.1 Å². The molecule has 0 unspecified atom stereocenters. The van der Waals surface area contributed by atoms with Gasteiger partial charge in [-0.15, -0.1) is 11.3 Å². The Hall–Kier alpha value is -0.660. The van der Waals surface area contributed by atoms with Gasteiger partial charge in [-0.2, -0.15) is 9.36 Å². The summed E-state index contributed by atoms with van der Waals surface area (Å²) in [4.78, 5) is 5.24. The number of halogens is 1. The lowest BCUT2D eigenvalue weighted by Gasteiger charge is -1.97. The van der Waals surface area contributed by atoms with E-state index >= 15 is 0 Å². The van der Waals surface area contributed by atoms with Crippen LogP contribution in [0.15, 0.2) is 15.9 Å². The summed E-state index contributed by atoms with van der Waals surface area (Å²) in [6, 6.07) is 2.07. The minimum absolute atomic E-state index is 0.324. The molecule has 0 spiro atoms. The van der Waals surface area contributed by atoms with Crippen molar-refractivity contribution < 1.29 is 0 Å². The van der Waals surface area contributed by atoms with E-state index in [1.54, 1.807) is 11.3 Å². The minimum Gasteiger partial charge on any atom is -0.367 e. The van der Waals surface area contributed by atoms with Gasteiger partial charge in [0.05, 0.1) is 6.54 Å². The molecule has 2 rings (SSSR count). The first-order valence-corrected chi connectivity index (χ1v) is 6.24. The molecule has 0 aromatic carbocycles. The minimum atomic E-state index is 0.324. The average Bonchev–Trinajstić information content (AvgIpc) is 2.72. The molecule has 0 aliphatic heterocycles. The van der Waals surface area contributed by atoms with Crippen LogP contribution in [0.2, 0.25) is 0 Å². The van der Waals surface area contributed by atoms with Gasteiger partial charge in [0.15, 0.2) is 0 Å². The van der Waals surface area contributed by atoms with Crippen LogP contribution in [0.25, 0.3) is 0 Å². The highest BCUT2D eigenvalue weighted by Gasteiger charge is 2.01. The molecule has 0 radical (unpaired) electrons. The van der Waals surface area contributed by atoms with Crippen LogP contribution in [0.5, 0.6) is 0 Å². The summed E-state index contributed by atoms with van der Waals surface area (Å²) in [5.41, 5.74) is 5.39. The van der Waals surface area contributed by atoms with Crippen molar-refractivity contribution >= 4 is 49.9 Å². The van der Waals surface area contributed by atoms with E-state index in [4.69, 9.17) is 5.73 Å². The van der Waals surface area contributed by atoms with E-state index in [9.17, 15) is 0 Å². The van der Waals surface area contributed by atoms with Crippen molar-refractivity contribution in [2.24, 2.45) is 0 Å². The summed E-state index contributed by atoms with van der Waals surface area (Å²) < 4.78 is 4.98. The van der Waals surface area contributed by atoms with Gasteiger partial charge >= 0.3 is 0 Å². The van der Waals surface area contributed by atoms with Crippen LogP contribution in [-0.4, -0.2) is 9.36 Å². The maximum Gasteiger partial charge on any atom is 0.233 e. The quantitative estimate of drug-likeness (QED) is 0.912. The molecule has 0 aliphatic rings. The van der Waals surface area contributed by atoms with Gasteiger partial charge in [0.2, 0.25) is 11.1 Å². The van der Waals surface area contributed by atoms with Gasteiger partial charge in [-0.1, -0.05) is 0 Å². The Labute approximate surface area is 97.5 Å². The third kappa shape index (κ3) is 2.43. The molecule has 14 heavy (non-hydrogen) atoms. The largest absolute Gasteiger partial charge is 0.367 e. The summed E-state index contributed by atoms with van der Waals surface area (Å²) in [5.74, 6) is 0.324. The maximum absolute atomic E-state index is 5.39. The Morgan fingerprint density at radius 1 is 1.57 bits per heavy atom. The number of nitrogen functional groups attached to an aromatic ring is 1. The predicted octanol–water partition coefficient (Wildman–Crippen LogP) is 2.56. The van der Waals surface area contributed by atoms with E-state index in [0.717, 1.165) is 16.1 Å². The van der Waals surface area contributed by atoms with Gasteiger partial charge in [0, 0.05) is 26.3 Å². The molecule has 0 saturated heterocycles. The molecule has 7 heteroatoms. The fourth-order valence-corrected chi connectivity index (χ4v) is 2.80. The van der Waals surface area contributed by atoms with Gasteiger partial charge in [0.25, 0.3) is 0 Å². The highest BCUT2D eigenvalue weighted by molar-refractivity contribution is 9.10. The van der Waals surface area contributed by atoms with Gasteiger partial charge in [-0.3, -0.25) is 0 Å². The molecule has 0 bridgehead atoms. The van der Waals surface area contributed by atoms with Gasteiger partial charge in [-0.25, -0.2) is 0 Å². The number of aromatic nitrogens is 2. The normalized spacial score (nSPS) is 10.4. The third-order valence-electron chi connectivity index (χ3n) is 1.48. The van der Waals surface area contributed by atoms with Crippen LogP contribution in [0.3, 0.4) is 0 Å². The van der Waals surface area contributed by atoms with E-state index in [-0.39, 0.29) is 0 Å². The summed E-state index contributed by atoms with van der Waals surface area (Å²) in [6.07, 6.45) is 0. The number of nitrogens with one attached hydrogen (secondary N) is 1. The van der Waals surface area contributed by atoms with Crippen molar-refractivity contribution in [3.05, 3.63) is 20.8 Å². The number of nitrogens with two attached hydrogens (primary N) is 1. The molecule has 2 heterocycles. The van der Waals surface area contributed by atoms with E-state index in [1.807, 2.05) is 5.38 Å². The Balaban J connectivity index is 1.94. The molecule has 2 aromatic heterocycles. The summed E-state index contributed by atoms with van der Waals surface area (Å²) in [7, 11) is 0.